The van der Waals surface area contributed by atoms with E-state index < -0.39 is 35.0 Å². The number of nitrogens with one attached hydrogen (secondary N) is 1. The third kappa shape index (κ3) is 8.27. The molecule has 0 saturated carbocycles. The first kappa shape index (κ1) is 34.5. The lowest BCUT2D eigenvalue weighted by molar-refractivity contribution is -0.499. The van der Waals surface area contributed by atoms with E-state index in [-0.39, 0.29) is 5.57 Å². The average molecular weight is 633 g/mol. The monoisotopic (exact) mass is 632 g/mol. The minimum atomic E-state index is -1.58. The fourth-order valence-electron chi connectivity index (χ4n) is 5.30. The number of methoxy groups -OCH3 is 1. The molecule has 5 rings (SSSR count). The quantitative estimate of drug-likeness (QED) is 0.0730. The molecular formula is C35H44N4O7. The van der Waals surface area contributed by atoms with Gasteiger partial charge in [-0.2, -0.15) is 0 Å². The fourth-order valence-corrected chi connectivity index (χ4v) is 5.30. The lowest BCUT2D eigenvalue weighted by atomic mass is 9.95. The summed E-state index contributed by atoms with van der Waals surface area (Å²) >= 11 is 0. The van der Waals surface area contributed by atoms with Crippen molar-refractivity contribution in [3.05, 3.63) is 82.4 Å². The molecule has 2 aliphatic rings. The number of nitro groups is 1. The summed E-state index contributed by atoms with van der Waals surface area (Å²) in [6.45, 7) is 6.75. The van der Waals surface area contributed by atoms with Gasteiger partial charge in [0.2, 0.25) is 12.1 Å². The van der Waals surface area contributed by atoms with Crippen LogP contribution in [-0.4, -0.2) is 69.8 Å². The maximum atomic E-state index is 13.5. The number of H-pyrrole nitrogens is 1. The van der Waals surface area contributed by atoms with Crippen molar-refractivity contribution in [2.45, 2.75) is 89.9 Å². The Morgan fingerprint density at radius 2 is 1.89 bits per heavy atom. The Balaban J connectivity index is 0.00000113. The number of carbonyl (C=O) groups excluding carboxylic acids is 2. The number of imidazole rings is 1. The molecule has 1 aliphatic carbocycles. The zero-order valence-electron chi connectivity index (χ0n) is 27.0. The van der Waals surface area contributed by atoms with Crippen LogP contribution in [-0.2, 0) is 19.1 Å². The highest BCUT2D eigenvalue weighted by Crippen LogP contribution is 2.32. The van der Waals surface area contributed by atoms with Gasteiger partial charge in [-0.15, -0.1) is 0 Å². The van der Waals surface area contributed by atoms with Crippen LogP contribution in [0.3, 0.4) is 0 Å². The van der Waals surface area contributed by atoms with E-state index in [1.807, 2.05) is 55.5 Å². The van der Waals surface area contributed by atoms with Gasteiger partial charge in [0.15, 0.2) is 0 Å². The number of para-hydroxylation sites is 2. The number of hydrogen-bond donors (Lipinski definition) is 1. The van der Waals surface area contributed by atoms with Gasteiger partial charge < -0.3 is 28.9 Å². The van der Waals surface area contributed by atoms with Gasteiger partial charge in [-0.25, -0.2) is 4.98 Å². The van der Waals surface area contributed by atoms with Crippen LogP contribution in [0.1, 0.15) is 65.7 Å². The third-order valence-electron chi connectivity index (χ3n) is 8.09. The van der Waals surface area contributed by atoms with Crippen LogP contribution in [0.15, 0.2) is 72.3 Å². The first-order chi connectivity index (χ1) is 22.3. The number of benzene rings is 2. The maximum Gasteiger partial charge on any atom is 0.261 e. The standard InChI is InChI=1S/C31H34N4O7.C4H10/c1-3-4-11-28(41-23-14-12-21(13-15-23)29-32-25-9-5-6-10-26(25)33-29)42-31(40-2)17-16-27(35(38)39)24(19-31)30(37)34-18-7-8-22(34)20-36;1-3-4-2/h5-6,9-10,12-17,19-20,22,27-28H,3-4,7-8,11,18H2,1-2H3,(H,32,33);3-4H2,1-2H3/t22-,27?,28?,31?;/m0./s1. The summed E-state index contributed by atoms with van der Waals surface area (Å²) < 4.78 is 18.3. The minimum absolute atomic E-state index is 0.109. The van der Waals surface area contributed by atoms with Crippen molar-refractivity contribution in [2.75, 3.05) is 13.7 Å². The number of rotatable bonds is 13. The van der Waals surface area contributed by atoms with E-state index in [2.05, 4.69) is 23.8 Å². The molecule has 0 spiro atoms. The van der Waals surface area contributed by atoms with Crippen molar-refractivity contribution in [1.29, 1.82) is 0 Å². The molecule has 11 nitrogen and oxygen atoms in total. The zero-order valence-corrected chi connectivity index (χ0v) is 27.0. The summed E-state index contributed by atoms with van der Waals surface area (Å²) in [5.41, 5.74) is 2.61. The summed E-state index contributed by atoms with van der Waals surface area (Å²) in [4.78, 5) is 45.7. The number of fused-ring (bicyclic) bond motifs is 1. The number of aldehydes is 1. The van der Waals surface area contributed by atoms with Crippen molar-refractivity contribution in [2.24, 2.45) is 0 Å². The van der Waals surface area contributed by atoms with E-state index in [1.165, 1.54) is 43.1 Å². The number of ether oxygens (including phenoxy) is 3. The number of nitrogens with zero attached hydrogens (tertiary/aromatic N) is 3. The van der Waals surface area contributed by atoms with Crippen LogP contribution in [0.25, 0.3) is 22.4 Å². The summed E-state index contributed by atoms with van der Waals surface area (Å²) in [6.07, 6.45) is 9.98. The molecule has 246 valence electrons. The van der Waals surface area contributed by atoms with Crippen LogP contribution in [0.5, 0.6) is 5.75 Å². The zero-order chi connectivity index (χ0) is 33.1. The largest absolute Gasteiger partial charge is 0.465 e. The molecule has 4 atom stereocenters. The molecule has 1 N–H and O–H groups in total. The van der Waals surface area contributed by atoms with E-state index in [9.17, 15) is 19.7 Å². The number of likely N-dealkylation sites (tertiary alicyclic amines) is 1. The molecule has 2 heterocycles. The first-order valence-electron chi connectivity index (χ1n) is 16.0. The van der Waals surface area contributed by atoms with Gasteiger partial charge in [-0.05, 0) is 73.9 Å². The van der Waals surface area contributed by atoms with Crippen molar-refractivity contribution in [3.8, 4) is 17.1 Å². The van der Waals surface area contributed by atoms with Crippen LogP contribution in [0, 0.1) is 10.1 Å². The number of aromatic amines is 1. The van der Waals surface area contributed by atoms with E-state index in [0.717, 1.165) is 35.3 Å². The third-order valence-corrected chi connectivity index (χ3v) is 8.09. The van der Waals surface area contributed by atoms with Crippen molar-refractivity contribution < 1.29 is 28.7 Å². The highest BCUT2D eigenvalue weighted by atomic mass is 16.8. The van der Waals surface area contributed by atoms with Crippen molar-refractivity contribution in [1.82, 2.24) is 14.9 Å². The second-order valence-corrected chi connectivity index (χ2v) is 11.4. The molecule has 1 amide bonds. The molecule has 2 aromatic carbocycles. The van der Waals surface area contributed by atoms with Crippen LogP contribution < -0.4 is 4.74 Å². The van der Waals surface area contributed by atoms with Crippen LogP contribution in [0.2, 0.25) is 0 Å². The summed E-state index contributed by atoms with van der Waals surface area (Å²) in [6, 6.07) is 13.2. The Hall–Kier alpha value is -4.35. The molecule has 0 radical (unpaired) electrons. The molecule has 0 bridgehead atoms. The molecule has 3 aromatic rings. The van der Waals surface area contributed by atoms with E-state index in [4.69, 9.17) is 14.2 Å². The fraction of sp³-hybridized carbons (Fsp3) is 0.457. The predicted octanol–water partition coefficient (Wildman–Crippen LogP) is 6.62. The van der Waals surface area contributed by atoms with E-state index >= 15 is 0 Å². The lowest BCUT2D eigenvalue weighted by Gasteiger charge is -2.34. The van der Waals surface area contributed by atoms with E-state index in [1.54, 1.807) is 0 Å². The van der Waals surface area contributed by atoms with Gasteiger partial charge in [0.25, 0.3) is 11.9 Å². The highest BCUT2D eigenvalue weighted by molar-refractivity contribution is 5.97. The molecule has 1 saturated heterocycles. The second-order valence-electron chi connectivity index (χ2n) is 11.4. The smallest absolute Gasteiger partial charge is 0.261 e. The van der Waals surface area contributed by atoms with Gasteiger partial charge in [0.05, 0.1) is 22.6 Å². The summed E-state index contributed by atoms with van der Waals surface area (Å²) in [5.74, 6) is -0.866. The summed E-state index contributed by atoms with van der Waals surface area (Å²) in [5, 5.41) is 11.9. The number of amides is 1. The van der Waals surface area contributed by atoms with Gasteiger partial charge in [-0.1, -0.05) is 52.2 Å². The lowest BCUT2D eigenvalue weighted by Crippen LogP contribution is -2.46. The predicted molar refractivity (Wildman–Crippen MR) is 176 cm³/mol. The number of aromatic nitrogens is 2. The van der Waals surface area contributed by atoms with Gasteiger partial charge >= 0.3 is 0 Å². The Kier molecular flexibility index (Phi) is 12.2. The van der Waals surface area contributed by atoms with Gasteiger partial charge in [-0.3, -0.25) is 14.9 Å². The van der Waals surface area contributed by atoms with Gasteiger partial charge in [0, 0.05) is 30.6 Å². The SMILES string of the molecule is CCCC.CCCCC(Oc1ccc(-c2nc3ccccc3[nH]2)cc1)OC1(OC)C=CC([N+](=O)[O-])C(C(=O)N2CCC[C@H]2C=O)=C1. The van der Waals surface area contributed by atoms with Crippen LogP contribution >= 0.6 is 0 Å². The molecule has 1 aliphatic heterocycles. The van der Waals surface area contributed by atoms with Crippen molar-refractivity contribution >= 4 is 23.2 Å². The normalized spacial score (nSPS) is 21.3. The molecular weight excluding hydrogens is 588 g/mol. The number of hydrogen-bond acceptors (Lipinski definition) is 8. The van der Waals surface area contributed by atoms with E-state index in [0.29, 0.717) is 37.8 Å². The minimum Gasteiger partial charge on any atom is -0.465 e. The number of carbonyl (C=O) groups is 2. The molecule has 46 heavy (non-hydrogen) atoms. The summed E-state index contributed by atoms with van der Waals surface area (Å²) in [7, 11) is 1.40. The average Bonchev–Trinajstić information content (AvgIpc) is 3.75. The van der Waals surface area contributed by atoms with Crippen LogP contribution in [0.4, 0.5) is 0 Å². The highest BCUT2D eigenvalue weighted by Gasteiger charge is 2.43. The Morgan fingerprint density at radius 1 is 1.15 bits per heavy atom. The molecule has 1 aromatic heterocycles. The number of unbranched alkanes of at least 4 members (excludes halogenated alkanes) is 2. The van der Waals surface area contributed by atoms with Crippen molar-refractivity contribution in [3.63, 3.8) is 0 Å². The second kappa shape index (κ2) is 16.3. The molecule has 1 fully saturated rings. The first-order valence-corrected chi connectivity index (χ1v) is 16.0. The molecule has 3 unspecified atom stereocenters. The Morgan fingerprint density at radius 3 is 2.52 bits per heavy atom. The Bertz CT molecular complexity index is 1500. The maximum absolute atomic E-state index is 13.5. The molecule has 11 heteroatoms. The topological polar surface area (TPSA) is 137 Å². The van der Waals surface area contributed by atoms with Gasteiger partial charge in [0.1, 0.15) is 17.9 Å². The Labute approximate surface area is 269 Å².